The van der Waals surface area contributed by atoms with Crippen LogP contribution >= 0.6 is 0 Å². The highest BCUT2D eigenvalue weighted by Gasteiger charge is 2.16. The van der Waals surface area contributed by atoms with E-state index in [0.29, 0.717) is 18.1 Å². The lowest BCUT2D eigenvalue weighted by atomic mass is 10.2. The van der Waals surface area contributed by atoms with Crippen molar-refractivity contribution in [3.63, 3.8) is 0 Å². The molecule has 1 N–H and O–H groups in total. The molecule has 21 heavy (non-hydrogen) atoms. The van der Waals surface area contributed by atoms with Crippen molar-refractivity contribution in [2.24, 2.45) is 7.05 Å². The SMILES string of the molecule is COc1c(CNc2ccc(F)c([N+](=O)[O-])c2)c(C)nn1C. The minimum atomic E-state index is -0.860. The molecule has 0 aliphatic carbocycles. The molecular formula is C13H15FN4O3. The monoisotopic (exact) mass is 294 g/mol. The van der Waals surface area contributed by atoms with E-state index < -0.39 is 16.4 Å². The molecule has 2 rings (SSSR count). The summed E-state index contributed by atoms with van der Waals surface area (Å²) in [5.74, 6) is -0.252. The summed E-state index contributed by atoms with van der Waals surface area (Å²) in [5.41, 5.74) is 1.52. The van der Waals surface area contributed by atoms with Crippen molar-refractivity contribution in [1.29, 1.82) is 0 Å². The minimum absolute atomic E-state index is 0.367. The number of aromatic nitrogens is 2. The Morgan fingerprint density at radius 1 is 1.52 bits per heavy atom. The molecule has 0 saturated heterocycles. The fourth-order valence-electron chi connectivity index (χ4n) is 2.09. The molecule has 0 atom stereocenters. The Labute approximate surface area is 120 Å². The van der Waals surface area contributed by atoms with Crippen LogP contribution in [0.3, 0.4) is 0 Å². The largest absolute Gasteiger partial charge is 0.481 e. The third-order valence-corrected chi connectivity index (χ3v) is 3.09. The van der Waals surface area contributed by atoms with Gasteiger partial charge in [-0.1, -0.05) is 0 Å². The summed E-state index contributed by atoms with van der Waals surface area (Å²) in [4.78, 5) is 9.96. The molecule has 0 radical (unpaired) electrons. The number of ether oxygens (including phenoxy) is 1. The standard InChI is InChI=1S/C13H15FN4O3/c1-8-10(13(21-3)17(2)16-8)7-15-9-4-5-11(14)12(6-9)18(19)20/h4-6,15H,7H2,1-3H3. The number of nitro benzene ring substituents is 1. The first-order valence-corrected chi connectivity index (χ1v) is 6.18. The Bertz CT molecular complexity index is 684. The summed E-state index contributed by atoms with van der Waals surface area (Å²) in [6.45, 7) is 2.21. The Kier molecular flexibility index (Phi) is 4.06. The van der Waals surface area contributed by atoms with E-state index in [9.17, 15) is 14.5 Å². The lowest BCUT2D eigenvalue weighted by molar-refractivity contribution is -0.387. The lowest BCUT2D eigenvalue weighted by Gasteiger charge is -2.08. The molecule has 0 aliphatic rings. The van der Waals surface area contributed by atoms with E-state index in [1.807, 2.05) is 6.92 Å². The molecule has 2 aromatic rings. The van der Waals surface area contributed by atoms with E-state index in [-0.39, 0.29) is 0 Å². The molecule has 8 heteroatoms. The van der Waals surface area contributed by atoms with Crippen molar-refractivity contribution >= 4 is 11.4 Å². The second kappa shape index (κ2) is 5.78. The van der Waals surface area contributed by atoms with Gasteiger partial charge in [0.25, 0.3) is 0 Å². The minimum Gasteiger partial charge on any atom is -0.481 e. The quantitative estimate of drug-likeness (QED) is 0.676. The average molecular weight is 294 g/mol. The van der Waals surface area contributed by atoms with Gasteiger partial charge in [-0.25, -0.2) is 4.68 Å². The highest BCUT2D eigenvalue weighted by molar-refractivity contribution is 5.52. The van der Waals surface area contributed by atoms with E-state index in [0.717, 1.165) is 23.4 Å². The van der Waals surface area contributed by atoms with E-state index in [2.05, 4.69) is 10.4 Å². The molecule has 0 amide bonds. The van der Waals surface area contributed by atoms with Crippen LogP contribution in [-0.4, -0.2) is 21.8 Å². The number of nitrogens with one attached hydrogen (secondary N) is 1. The molecule has 0 bridgehead atoms. The van der Waals surface area contributed by atoms with Crippen molar-refractivity contribution in [2.75, 3.05) is 12.4 Å². The number of hydrogen-bond donors (Lipinski definition) is 1. The van der Waals surface area contributed by atoms with Crippen molar-refractivity contribution in [2.45, 2.75) is 13.5 Å². The van der Waals surface area contributed by atoms with Crippen LogP contribution in [0.5, 0.6) is 5.88 Å². The average Bonchev–Trinajstić information content (AvgIpc) is 2.71. The third kappa shape index (κ3) is 2.93. The second-order valence-electron chi connectivity index (χ2n) is 4.47. The molecule has 112 valence electrons. The molecule has 0 spiro atoms. The zero-order chi connectivity index (χ0) is 15.6. The van der Waals surface area contributed by atoms with E-state index >= 15 is 0 Å². The first-order chi connectivity index (χ1) is 9.93. The van der Waals surface area contributed by atoms with Crippen molar-refractivity contribution in [3.8, 4) is 5.88 Å². The fraction of sp³-hybridized carbons (Fsp3) is 0.308. The molecule has 0 aliphatic heterocycles. The number of anilines is 1. The van der Waals surface area contributed by atoms with Gasteiger partial charge in [-0.2, -0.15) is 9.49 Å². The van der Waals surface area contributed by atoms with E-state index in [1.165, 1.54) is 6.07 Å². The van der Waals surface area contributed by atoms with Gasteiger partial charge in [0.05, 0.1) is 23.3 Å². The van der Waals surface area contributed by atoms with E-state index in [4.69, 9.17) is 4.74 Å². The van der Waals surface area contributed by atoms with Gasteiger partial charge in [0.15, 0.2) is 0 Å². The van der Waals surface area contributed by atoms with Crippen LogP contribution in [-0.2, 0) is 13.6 Å². The van der Waals surface area contributed by atoms with Crippen LogP contribution in [0.1, 0.15) is 11.3 Å². The molecule has 0 unspecified atom stereocenters. The van der Waals surface area contributed by atoms with Gasteiger partial charge in [-0.3, -0.25) is 10.1 Å². The maximum atomic E-state index is 13.3. The topological polar surface area (TPSA) is 82.2 Å². The number of benzene rings is 1. The Balaban J connectivity index is 2.21. The highest BCUT2D eigenvalue weighted by Crippen LogP contribution is 2.25. The molecule has 0 fully saturated rings. The summed E-state index contributed by atoms with van der Waals surface area (Å²) in [7, 11) is 3.31. The highest BCUT2D eigenvalue weighted by atomic mass is 19.1. The second-order valence-corrected chi connectivity index (χ2v) is 4.47. The van der Waals surface area contributed by atoms with Gasteiger partial charge in [-0.15, -0.1) is 0 Å². The van der Waals surface area contributed by atoms with Crippen molar-refractivity contribution < 1.29 is 14.1 Å². The van der Waals surface area contributed by atoms with Crippen LogP contribution in [0.15, 0.2) is 18.2 Å². The lowest BCUT2D eigenvalue weighted by Crippen LogP contribution is -2.03. The van der Waals surface area contributed by atoms with Crippen molar-refractivity contribution in [3.05, 3.63) is 45.4 Å². The summed E-state index contributed by atoms with van der Waals surface area (Å²) >= 11 is 0. The van der Waals surface area contributed by atoms with Gasteiger partial charge in [0, 0.05) is 25.3 Å². The molecule has 1 aromatic carbocycles. The number of methoxy groups -OCH3 is 1. The normalized spacial score (nSPS) is 10.5. The van der Waals surface area contributed by atoms with Gasteiger partial charge in [-0.05, 0) is 19.1 Å². The maximum absolute atomic E-state index is 13.3. The number of halogens is 1. The maximum Gasteiger partial charge on any atom is 0.306 e. The Hall–Kier alpha value is -2.64. The summed E-state index contributed by atoms with van der Waals surface area (Å²) in [5, 5.41) is 18.0. The van der Waals surface area contributed by atoms with Gasteiger partial charge in [0.2, 0.25) is 11.7 Å². The molecule has 1 aromatic heterocycles. The van der Waals surface area contributed by atoms with Crippen LogP contribution in [0.4, 0.5) is 15.8 Å². The molecular weight excluding hydrogens is 279 g/mol. The number of hydrogen-bond acceptors (Lipinski definition) is 5. The Morgan fingerprint density at radius 3 is 2.86 bits per heavy atom. The number of nitro groups is 1. The van der Waals surface area contributed by atoms with Gasteiger partial charge < -0.3 is 10.1 Å². The molecule has 1 heterocycles. The number of nitrogens with zero attached hydrogens (tertiary/aromatic N) is 3. The number of rotatable bonds is 5. The predicted octanol–water partition coefficient (Wildman–Crippen LogP) is 2.40. The first kappa shape index (κ1) is 14.8. The van der Waals surface area contributed by atoms with E-state index in [1.54, 1.807) is 18.8 Å². The van der Waals surface area contributed by atoms with Crippen molar-refractivity contribution in [1.82, 2.24) is 9.78 Å². The third-order valence-electron chi connectivity index (χ3n) is 3.09. The predicted molar refractivity (Wildman–Crippen MR) is 74.9 cm³/mol. The zero-order valence-electron chi connectivity index (χ0n) is 11.9. The van der Waals surface area contributed by atoms with Gasteiger partial charge in [0.1, 0.15) is 0 Å². The first-order valence-electron chi connectivity index (χ1n) is 6.18. The molecule has 7 nitrogen and oxygen atoms in total. The molecule has 0 saturated carbocycles. The van der Waals surface area contributed by atoms with Crippen LogP contribution in [0, 0.1) is 22.9 Å². The summed E-state index contributed by atoms with van der Waals surface area (Å²) in [6, 6.07) is 3.67. The fourth-order valence-corrected chi connectivity index (χ4v) is 2.09. The zero-order valence-corrected chi connectivity index (χ0v) is 11.9. The van der Waals surface area contributed by atoms with Crippen LogP contribution in [0.2, 0.25) is 0 Å². The number of aryl methyl sites for hydroxylation is 2. The smallest absolute Gasteiger partial charge is 0.306 e. The van der Waals surface area contributed by atoms with Crippen LogP contribution in [0.25, 0.3) is 0 Å². The Morgan fingerprint density at radius 2 is 2.24 bits per heavy atom. The van der Waals surface area contributed by atoms with Crippen LogP contribution < -0.4 is 10.1 Å². The summed E-state index contributed by atoms with van der Waals surface area (Å²) < 4.78 is 20.1. The summed E-state index contributed by atoms with van der Waals surface area (Å²) in [6.07, 6.45) is 0. The van der Waals surface area contributed by atoms with Gasteiger partial charge >= 0.3 is 5.69 Å².